The van der Waals surface area contributed by atoms with E-state index in [4.69, 9.17) is 0 Å². The number of hydrogen-bond acceptors (Lipinski definition) is 4. The minimum atomic E-state index is -0.217. The number of benzene rings is 1. The van der Waals surface area contributed by atoms with Crippen molar-refractivity contribution in [3.05, 3.63) is 64.1 Å². The van der Waals surface area contributed by atoms with Gasteiger partial charge in [0.15, 0.2) is 5.78 Å². The maximum Gasteiger partial charge on any atom is 0.255 e. The molecular weight excluding hydrogens is 306 g/mol. The predicted molar refractivity (Wildman–Crippen MR) is 91.6 cm³/mol. The van der Waals surface area contributed by atoms with Crippen LogP contribution < -0.4 is 10.5 Å². The van der Waals surface area contributed by atoms with Crippen molar-refractivity contribution in [1.82, 2.24) is 9.88 Å². The highest BCUT2D eigenvalue weighted by molar-refractivity contribution is 5.94. The molecule has 1 aliphatic heterocycles. The molecule has 0 spiro atoms. The molecule has 0 aliphatic carbocycles. The van der Waals surface area contributed by atoms with E-state index < -0.39 is 0 Å². The SMILES string of the molecule is CC(=O)c1ccc(N2CCN(C(=O)c3ccc(=O)[nH]c3)CC2)cc1. The molecule has 1 aromatic heterocycles. The monoisotopic (exact) mass is 325 g/mol. The van der Waals surface area contributed by atoms with Gasteiger partial charge in [-0.3, -0.25) is 14.4 Å². The number of aromatic nitrogens is 1. The number of nitrogens with one attached hydrogen (secondary N) is 1. The van der Waals surface area contributed by atoms with E-state index in [1.165, 1.54) is 12.3 Å². The zero-order valence-electron chi connectivity index (χ0n) is 13.5. The molecule has 0 unspecified atom stereocenters. The highest BCUT2D eigenvalue weighted by Crippen LogP contribution is 2.18. The summed E-state index contributed by atoms with van der Waals surface area (Å²) >= 11 is 0. The molecule has 1 N–H and O–H groups in total. The van der Waals surface area contributed by atoms with Gasteiger partial charge in [0.25, 0.3) is 5.91 Å². The number of carbonyl (C=O) groups is 2. The number of ketones is 1. The van der Waals surface area contributed by atoms with Crippen LogP contribution in [0.25, 0.3) is 0 Å². The van der Waals surface area contributed by atoms with Gasteiger partial charge in [-0.15, -0.1) is 0 Å². The smallest absolute Gasteiger partial charge is 0.255 e. The number of Topliss-reactive ketones (excluding diaryl/α,β-unsaturated/α-hetero) is 1. The minimum Gasteiger partial charge on any atom is -0.368 e. The Bertz CT molecular complexity index is 783. The van der Waals surface area contributed by atoms with E-state index in [2.05, 4.69) is 9.88 Å². The molecular formula is C18H19N3O3. The number of anilines is 1. The van der Waals surface area contributed by atoms with Crippen LogP contribution in [-0.4, -0.2) is 47.8 Å². The molecule has 6 heteroatoms. The normalized spacial score (nSPS) is 14.5. The molecule has 1 aromatic carbocycles. The van der Waals surface area contributed by atoms with E-state index in [-0.39, 0.29) is 17.2 Å². The van der Waals surface area contributed by atoms with Crippen LogP contribution in [0.3, 0.4) is 0 Å². The Morgan fingerprint density at radius 1 is 0.917 bits per heavy atom. The summed E-state index contributed by atoms with van der Waals surface area (Å²) in [5, 5.41) is 0. The number of rotatable bonds is 3. The molecule has 2 aromatic rings. The van der Waals surface area contributed by atoms with E-state index in [1.807, 2.05) is 24.3 Å². The standard InChI is InChI=1S/C18H19N3O3/c1-13(22)14-2-5-16(6-3-14)20-8-10-21(11-9-20)18(24)15-4-7-17(23)19-12-15/h2-7,12H,8-11H2,1H3,(H,19,23). The molecule has 124 valence electrons. The van der Waals surface area contributed by atoms with E-state index in [1.54, 1.807) is 17.9 Å². The lowest BCUT2D eigenvalue weighted by Gasteiger charge is -2.36. The van der Waals surface area contributed by atoms with Crippen molar-refractivity contribution in [3.8, 4) is 0 Å². The summed E-state index contributed by atoms with van der Waals surface area (Å²) in [6.07, 6.45) is 1.46. The fourth-order valence-electron chi connectivity index (χ4n) is 2.80. The molecule has 1 fully saturated rings. The zero-order chi connectivity index (χ0) is 17.1. The van der Waals surface area contributed by atoms with E-state index >= 15 is 0 Å². The first kappa shape index (κ1) is 16.0. The lowest BCUT2D eigenvalue weighted by molar-refractivity contribution is 0.0746. The topological polar surface area (TPSA) is 73.5 Å². The van der Waals surface area contributed by atoms with Gasteiger partial charge in [0.2, 0.25) is 5.56 Å². The zero-order valence-corrected chi connectivity index (χ0v) is 13.5. The van der Waals surface area contributed by atoms with Gasteiger partial charge in [0, 0.05) is 49.7 Å². The number of H-pyrrole nitrogens is 1. The van der Waals surface area contributed by atoms with Crippen molar-refractivity contribution in [2.24, 2.45) is 0 Å². The molecule has 0 bridgehead atoms. The van der Waals surface area contributed by atoms with Crippen LogP contribution >= 0.6 is 0 Å². The third-order valence-corrected chi connectivity index (χ3v) is 4.24. The second-order valence-corrected chi connectivity index (χ2v) is 5.82. The summed E-state index contributed by atoms with van der Waals surface area (Å²) in [6, 6.07) is 10.4. The van der Waals surface area contributed by atoms with Gasteiger partial charge in [-0.25, -0.2) is 0 Å². The number of piperazine rings is 1. The first-order chi connectivity index (χ1) is 11.5. The Labute approximate surface area is 139 Å². The summed E-state index contributed by atoms with van der Waals surface area (Å²) in [4.78, 5) is 41.3. The maximum atomic E-state index is 12.4. The molecule has 0 atom stereocenters. The van der Waals surface area contributed by atoms with Crippen LogP contribution in [0.2, 0.25) is 0 Å². The van der Waals surface area contributed by atoms with Crippen molar-refractivity contribution in [3.63, 3.8) is 0 Å². The Morgan fingerprint density at radius 3 is 2.08 bits per heavy atom. The van der Waals surface area contributed by atoms with Crippen LogP contribution in [0, 0.1) is 0 Å². The van der Waals surface area contributed by atoms with Crippen LogP contribution in [-0.2, 0) is 0 Å². The van der Waals surface area contributed by atoms with Crippen LogP contribution in [0.1, 0.15) is 27.6 Å². The number of pyridine rings is 1. The van der Waals surface area contributed by atoms with Crippen molar-refractivity contribution >= 4 is 17.4 Å². The third-order valence-electron chi connectivity index (χ3n) is 4.24. The summed E-state index contributed by atoms with van der Waals surface area (Å²) in [5.41, 5.74) is 2.03. The van der Waals surface area contributed by atoms with Gasteiger partial charge in [0.05, 0.1) is 5.56 Å². The molecule has 6 nitrogen and oxygen atoms in total. The second kappa shape index (κ2) is 6.70. The summed E-state index contributed by atoms with van der Waals surface area (Å²) in [7, 11) is 0. The fraction of sp³-hybridized carbons (Fsp3) is 0.278. The van der Waals surface area contributed by atoms with Crippen LogP contribution in [0.15, 0.2) is 47.4 Å². The third kappa shape index (κ3) is 3.37. The van der Waals surface area contributed by atoms with Gasteiger partial charge in [0.1, 0.15) is 0 Å². The van der Waals surface area contributed by atoms with Crippen molar-refractivity contribution in [2.45, 2.75) is 6.92 Å². The van der Waals surface area contributed by atoms with Crippen molar-refractivity contribution < 1.29 is 9.59 Å². The summed E-state index contributed by atoms with van der Waals surface area (Å²) in [5.74, 6) is -0.0179. The lowest BCUT2D eigenvalue weighted by atomic mass is 10.1. The number of aromatic amines is 1. The van der Waals surface area contributed by atoms with E-state index in [0.29, 0.717) is 24.2 Å². The van der Waals surface area contributed by atoms with Crippen LogP contribution in [0.5, 0.6) is 0 Å². The van der Waals surface area contributed by atoms with Crippen molar-refractivity contribution in [1.29, 1.82) is 0 Å². The number of amides is 1. The predicted octanol–water partition coefficient (Wildman–Crippen LogP) is 1.54. The highest BCUT2D eigenvalue weighted by atomic mass is 16.2. The molecule has 1 amide bonds. The van der Waals surface area contributed by atoms with E-state index in [9.17, 15) is 14.4 Å². The minimum absolute atomic E-state index is 0.0536. The molecule has 1 saturated heterocycles. The lowest BCUT2D eigenvalue weighted by Crippen LogP contribution is -2.48. The Balaban J connectivity index is 1.63. The molecule has 0 radical (unpaired) electrons. The maximum absolute atomic E-state index is 12.4. The largest absolute Gasteiger partial charge is 0.368 e. The van der Waals surface area contributed by atoms with Gasteiger partial charge in [-0.1, -0.05) is 0 Å². The van der Waals surface area contributed by atoms with Gasteiger partial charge in [-0.2, -0.15) is 0 Å². The summed E-state index contributed by atoms with van der Waals surface area (Å²) < 4.78 is 0. The molecule has 24 heavy (non-hydrogen) atoms. The number of hydrogen-bond donors (Lipinski definition) is 1. The number of nitrogens with zero attached hydrogens (tertiary/aromatic N) is 2. The van der Waals surface area contributed by atoms with Crippen LogP contribution in [0.4, 0.5) is 5.69 Å². The molecule has 0 saturated carbocycles. The van der Waals surface area contributed by atoms with Crippen molar-refractivity contribution in [2.75, 3.05) is 31.1 Å². The van der Waals surface area contributed by atoms with Gasteiger partial charge < -0.3 is 14.8 Å². The Morgan fingerprint density at radius 2 is 1.54 bits per heavy atom. The van der Waals surface area contributed by atoms with E-state index in [0.717, 1.165) is 18.8 Å². The average Bonchev–Trinajstić information content (AvgIpc) is 2.62. The fourth-order valence-corrected chi connectivity index (χ4v) is 2.80. The van der Waals surface area contributed by atoms with Gasteiger partial charge >= 0.3 is 0 Å². The Hall–Kier alpha value is -2.89. The first-order valence-corrected chi connectivity index (χ1v) is 7.88. The molecule has 1 aliphatic rings. The van der Waals surface area contributed by atoms with Gasteiger partial charge in [-0.05, 0) is 37.3 Å². The highest BCUT2D eigenvalue weighted by Gasteiger charge is 2.22. The quantitative estimate of drug-likeness (QED) is 0.869. The summed E-state index contributed by atoms with van der Waals surface area (Å²) in [6.45, 7) is 4.25. The average molecular weight is 325 g/mol. The molecule has 3 rings (SSSR count). The first-order valence-electron chi connectivity index (χ1n) is 7.88. The number of carbonyl (C=O) groups excluding carboxylic acids is 2. The Kier molecular flexibility index (Phi) is 4.46. The molecule has 2 heterocycles. The second-order valence-electron chi connectivity index (χ2n) is 5.82.